The third kappa shape index (κ3) is 4.11. The van der Waals surface area contributed by atoms with E-state index >= 15 is 0 Å². The lowest BCUT2D eigenvalue weighted by Crippen LogP contribution is -2.15. The van der Waals surface area contributed by atoms with E-state index < -0.39 is 0 Å². The van der Waals surface area contributed by atoms with Gasteiger partial charge in [-0.25, -0.2) is 0 Å². The first-order chi connectivity index (χ1) is 8.38. The Balaban J connectivity index is 1.76. The summed E-state index contributed by atoms with van der Waals surface area (Å²) in [6.45, 7) is 5.13. The lowest BCUT2D eigenvalue weighted by molar-refractivity contribution is 0.305. The van der Waals surface area contributed by atoms with E-state index in [4.69, 9.17) is 0 Å². The summed E-state index contributed by atoms with van der Waals surface area (Å²) in [4.78, 5) is 0. The van der Waals surface area contributed by atoms with Crippen LogP contribution in [0.5, 0.6) is 0 Å². The minimum absolute atomic E-state index is 0.821. The molecule has 1 aromatic heterocycles. The highest BCUT2D eigenvalue weighted by atomic mass is 15.4. The van der Waals surface area contributed by atoms with E-state index in [1.165, 1.54) is 32.1 Å². The van der Waals surface area contributed by atoms with Crippen LogP contribution in [0.15, 0.2) is 6.20 Å². The zero-order valence-corrected chi connectivity index (χ0v) is 10.9. The minimum Gasteiger partial charge on any atom is -0.311 e. The second-order valence-corrected chi connectivity index (χ2v) is 5.11. The highest BCUT2D eigenvalue weighted by molar-refractivity contribution is 4.91. The van der Waals surface area contributed by atoms with Crippen molar-refractivity contribution < 1.29 is 0 Å². The molecule has 1 aromatic rings. The molecule has 1 fully saturated rings. The lowest BCUT2D eigenvalue weighted by atomic mass is 9.89. The maximum Gasteiger partial charge on any atom is 0.0964 e. The van der Waals surface area contributed by atoms with E-state index in [9.17, 15) is 0 Å². The zero-order chi connectivity index (χ0) is 11.9. The maximum absolute atomic E-state index is 4.22. The van der Waals surface area contributed by atoms with Gasteiger partial charge in [0, 0.05) is 19.3 Å². The molecule has 2 rings (SSSR count). The van der Waals surface area contributed by atoms with Crippen molar-refractivity contribution in [1.29, 1.82) is 0 Å². The Morgan fingerprint density at radius 1 is 1.35 bits per heavy atom. The number of nitrogens with zero attached hydrogens (tertiary/aromatic N) is 3. The summed E-state index contributed by atoms with van der Waals surface area (Å²) in [6.07, 6.45) is 10.2. The van der Waals surface area contributed by atoms with Gasteiger partial charge in [0.2, 0.25) is 0 Å². The standard InChI is InChI=1S/C13H24N4/c1-2-8-14-9-13-11-17(16-15-13)10-12-6-4-3-5-7-12/h11-12,14H,2-10H2,1H3. The molecule has 0 aromatic carbocycles. The van der Waals surface area contributed by atoms with Gasteiger partial charge in [-0.2, -0.15) is 0 Å². The van der Waals surface area contributed by atoms with Gasteiger partial charge in [-0.05, 0) is 31.7 Å². The van der Waals surface area contributed by atoms with E-state index in [2.05, 4.69) is 28.7 Å². The molecule has 17 heavy (non-hydrogen) atoms. The summed E-state index contributed by atoms with van der Waals surface area (Å²) in [5.41, 5.74) is 1.06. The molecular weight excluding hydrogens is 212 g/mol. The minimum atomic E-state index is 0.821. The van der Waals surface area contributed by atoms with Crippen LogP contribution in [-0.2, 0) is 13.1 Å². The fraction of sp³-hybridized carbons (Fsp3) is 0.846. The number of hydrogen-bond acceptors (Lipinski definition) is 3. The SMILES string of the molecule is CCCNCc1cn(CC2CCCCC2)nn1. The zero-order valence-electron chi connectivity index (χ0n) is 10.9. The molecule has 0 unspecified atom stereocenters. The van der Waals surface area contributed by atoms with Gasteiger partial charge in [-0.1, -0.05) is 31.4 Å². The third-order valence-corrected chi connectivity index (χ3v) is 3.49. The lowest BCUT2D eigenvalue weighted by Gasteiger charge is -2.20. The molecule has 1 aliphatic rings. The van der Waals surface area contributed by atoms with E-state index in [1.807, 2.05) is 4.68 Å². The van der Waals surface area contributed by atoms with E-state index in [-0.39, 0.29) is 0 Å². The number of aromatic nitrogens is 3. The first kappa shape index (κ1) is 12.6. The first-order valence-electron chi connectivity index (χ1n) is 6.98. The van der Waals surface area contributed by atoms with Gasteiger partial charge in [0.15, 0.2) is 0 Å². The molecule has 1 heterocycles. The van der Waals surface area contributed by atoms with Crippen LogP contribution in [-0.4, -0.2) is 21.5 Å². The van der Waals surface area contributed by atoms with Crippen LogP contribution in [0.25, 0.3) is 0 Å². The Kier molecular flexibility index (Phi) is 4.98. The number of rotatable bonds is 6. The average molecular weight is 236 g/mol. The molecule has 0 amide bonds. The van der Waals surface area contributed by atoms with Crippen LogP contribution in [0.4, 0.5) is 0 Å². The van der Waals surface area contributed by atoms with Crippen LogP contribution in [0.3, 0.4) is 0 Å². The van der Waals surface area contributed by atoms with Crippen molar-refractivity contribution in [3.63, 3.8) is 0 Å². The largest absolute Gasteiger partial charge is 0.311 e. The van der Waals surface area contributed by atoms with Gasteiger partial charge in [0.1, 0.15) is 0 Å². The number of hydrogen-bond donors (Lipinski definition) is 1. The fourth-order valence-corrected chi connectivity index (χ4v) is 2.54. The van der Waals surface area contributed by atoms with Crippen molar-refractivity contribution >= 4 is 0 Å². The van der Waals surface area contributed by atoms with Crippen molar-refractivity contribution in [2.45, 2.75) is 58.5 Å². The smallest absolute Gasteiger partial charge is 0.0964 e. The molecule has 0 saturated heterocycles. The molecule has 1 saturated carbocycles. The second kappa shape index (κ2) is 6.74. The van der Waals surface area contributed by atoms with Crippen molar-refractivity contribution in [1.82, 2.24) is 20.3 Å². The Hall–Kier alpha value is -0.900. The Morgan fingerprint density at radius 3 is 2.94 bits per heavy atom. The number of nitrogens with one attached hydrogen (secondary N) is 1. The summed E-state index contributed by atoms with van der Waals surface area (Å²) in [6, 6.07) is 0. The molecule has 0 radical (unpaired) electrons. The van der Waals surface area contributed by atoms with Crippen LogP contribution in [0.1, 0.15) is 51.1 Å². The summed E-state index contributed by atoms with van der Waals surface area (Å²) in [5, 5.41) is 11.8. The topological polar surface area (TPSA) is 42.7 Å². The van der Waals surface area contributed by atoms with Crippen LogP contribution < -0.4 is 5.32 Å². The van der Waals surface area contributed by atoms with Gasteiger partial charge < -0.3 is 5.32 Å². The normalized spacial score (nSPS) is 17.5. The van der Waals surface area contributed by atoms with Gasteiger partial charge >= 0.3 is 0 Å². The van der Waals surface area contributed by atoms with E-state index in [1.54, 1.807) is 0 Å². The summed E-state index contributed by atoms with van der Waals surface area (Å²) < 4.78 is 2.03. The Bertz CT molecular complexity index is 315. The Morgan fingerprint density at radius 2 is 2.18 bits per heavy atom. The van der Waals surface area contributed by atoms with E-state index in [0.717, 1.165) is 37.7 Å². The summed E-state index contributed by atoms with van der Waals surface area (Å²) in [7, 11) is 0. The van der Waals surface area contributed by atoms with Crippen LogP contribution in [0.2, 0.25) is 0 Å². The molecule has 0 spiro atoms. The molecule has 0 atom stereocenters. The quantitative estimate of drug-likeness (QED) is 0.771. The molecular formula is C13H24N4. The molecule has 4 heteroatoms. The molecule has 1 aliphatic carbocycles. The summed E-state index contributed by atoms with van der Waals surface area (Å²) >= 11 is 0. The van der Waals surface area contributed by atoms with Gasteiger partial charge in [0.05, 0.1) is 5.69 Å². The van der Waals surface area contributed by atoms with Crippen molar-refractivity contribution in [3.05, 3.63) is 11.9 Å². The van der Waals surface area contributed by atoms with Gasteiger partial charge in [-0.3, -0.25) is 4.68 Å². The fourth-order valence-electron chi connectivity index (χ4n) is 2.54. The van der Waals surface area contributed by atoms with Gasteiger partial charge in [0.25, 0.3) is 0 Å². The predicted molar refractivity (Wildman–Crippen MR) is 68.6 cm³/mol. The maximum atomic E-state index is 4.22. The molecule has 4 nitrogen and oxygen atoms in total. The average Bonchev–Trinajstić information content (AvgIpc) is 2.79. The van der Waals surface area contributed by atoms with Crippen molar-refractivity contribution in [3.8, 4) is 0 Å². The summed E-state index contributed by atoms with van der Waals surface area (Å²) in [5.74, 6) is 0.821. The van der Waals surface area contributed by atoms with Crippen molar-refractivity contribution in [2.75, 3.05) is 6.54 Å². The molecule has 96 valence electrons. The highest BCUT2D eigenvalue weighted by Gasteiger charge is 2.14. The first-order valence-corrected chi connectivity index (χ1v) is 6.98. The second-order valence-electron chi connectivity index (χ2n) is 5.11. The predicted octanol–water partition coefficient (Wildman–Crippen LogP) is 2.36. The van der Waals surface area contributed by atoms with Crippen LogP contribution >= 0.6 is 0 Å². The van der Waals surface area contributed by atoms with Gasteiger partial charge in [-0.15, -0.1) is 5.10 Å². The van der Waals surface area contributed by atoms with E-state index in [0.29, 0.717) is 0 Å². The molecule has 1 N–H and O–H groups in total. The monoisotopic (exact) mass is 236 g/mol. The molecule has 0 aliphatic heterocycles. The Labute approximate surface area is 104 Å². The highest BCUT2D eigenvalue weighted by Crippen LogP contribution is 2.24. The van der Waals surface area contributed by atoms with Crippen molar-refractivity contribution in [2.24, 2.45) is 5.92 Å². The third-order valence-electron chi connectivity index (χ3n) is 3.49. The molecule has 0 bridgehead atoms. The van der Waals surface area contributed by atoms with Crippen LogP contribution in [0, 0.1) is 5.92 Å².